The highest BCUT2D eigenvalue weighted by Crippen LogP contribution is 2.15. The summed E-state index contributed by atoms with van der Waals surface area (Å²) in [6.45, 7) is 3.98. The number of aryl methyl sites for hydroxylation is 2. The van der Waals surface area contributed by atoms with E-state index in [1.165, 1.54) is 10.4 Å². The van der Waals surface area contributed by atoms with Crippen LogP contribution in [0.15, 0.2) is 48.5 Å². The molecule has 0 spiro atoms. The van der Waals surface area contributed by atoms with Crippen molar-refractivity contribution in [3.8, 4) is 11.4 Å². The second-order valence-electron chi connectivity index (χ2n) is 5.37. The fraction of sp³-hybridized carbons (Fsp3) is 0.176. The summed E-state index contributed by atoms with van der Waals surface area (Å²) in [5.41, 5.74) is 3.84. The van der Waals surface area contributed by atoms with Gasteiger partial charge in [0.05, 0.1) is 0 Å². The predicted octanol–water partition coefficient (Wildman–Crippen LogP) is 2.60. The molecule has 0 atom stereocenters. The van der Waals surface area contributed by atoms with E-state index in [1.807, 2.05) is 62.4 Å². The average molecular weight is 307 g/mol. The summed E-state index contributed by atoms with van der Waals surface area (Å²) >= 11 is 0. The number of hydrogen-bond donors (Lipinski definition) is 1. The molecule has 1 amide bonds. The summed E-state index contributed by atoms with van der Waals surface area (Å²) in [5.74, 6) is 0.320. The molecular weight excluding hydrogens is 290 g/mol. The van der Waals surface area contributed by atoms with Gasteiger partial charge in [0.1, 0.15) is 6.54 Å². The van der Waals surface area contributed by atoms with Crippen molar-refractivity contribution in [1.29, 1.82) is 0 Å². The van der Waals surface area contributed by atoms with Crippen molar-refractivity contribution in [3.05, 3.63) is 59.7 Å². The van der Waals surface area contributed by atoms with Crippen molar-refractivity contribution >= 4 is 11.6 Å². The molecule has 0 bridgehead atoms. The molecule has 0 aliphatic heterocycles. The fourth-order valence-corrected chi connectivity index (χ4v) is 2.16. The van der Waals surface area contributed by atoms with Gasteiger partial charge in [-0.3, -0.25) is 4.79 Å². The van der Waals surface area contributed by atoms with Gasteiger partial charge in [-0.05, 0) is 30.7 Å². The molecule has 23 heavy (non-hydrogen) atoms. The molecule has 1 N–H and O–H groups in total. The third-order valence-corrected chi connectivity index (χ3v) is 3.47. The maximum atomic E-state index is 12.1. The number of rotatable bonds is 4. The van der Waals surface area contributed by atoms with Crippen LogP contribution >= 0.6 is 0 Å². The van der Waals surface area contributed by atoms with Gasteiger partial charge in [-0.2, -0.15) is 4.80 Å². The Hall–Kier alpha value is -3.02. The first-order valence-corrected chi connectivity index (χ1v) is 7.32. The smallest absolute Gasteiger partial charge is 0.248 e. The second kappa shape index (κ2) is 6.39. The van der Waals surface area contributed by atoms with Crippen LogP contribution in [0.3, 0.4) is 0 Å². The Balaban J connectivity index is 1.68. The summed E-state index contributed by atoms with van der Waals surface area (Å²) in [7, 11) is 0. The standard InChI is InChI=1S/C17H17N5O/c1-12-7-9-14(10-8-12)17-19-21-22(20-17)11-16(23)18-15-6-4-3-5-13(15)2/h3-10H,11H2,1-2H3,(H,18,23). The molecule has 1 heterocycles. The number of amides is 1. The monoisotopic (exact) mass is 307 g/mol. The maximum absolute atomic E-state index is 12.1. The number of hydrogen-bond acceptors (Lipinski definition) is 4. The van der Waals surface area contributed by atoms with E-state index in [0.29, 0.717) is 5.82 Å². The molecule has 0 saturated heterocycles. The van der Waals surface area contributed by atoms with Gasteiger partial charge in [0.15, 0.2) is 0 Å². The van der Waals surface area contributed by atoms with E-state index in [4.69, 9.17) is 0 Å². The zero-order chi connectivity index (χ0) is 16.2. The molecule has 0 unspecified atom stereocenters. The minimum atomic E-state index is -0.188. The number of nitrogens with one attached hydrogen (secondary N) is 1. The topological polar surface area (TPSA) is 72.7 Å². The molecule has 2 aromatic carbocycles. The molecular formula is C17H17N5O. The highest BCUT2D eigenvalue weighted by atomic mass is 16.2. The Morgan fingerprint density at radius 2 is 1.83 bits per heavy atom. The van der Waals surface area contributed by atoms with Crippen molar-refractivity contribution in [1.82, 2.24) is 20.2 Å². The van der Waals surface area contributed by atoms with Gasteiger partial charge in [-0.25, -0.2) is 0 Å². The van der Waals surface area contributed by atoms with E-state index in [1.54, 1.807) is 0 Å². The van der Waals surface area contributed by atoms with E-state index >= 15 is 0 Å². The number of aromatic nitrogens is 4. The molecule has 3 rings (SSSR count). The van der Waals surface area contributed by atoms with Crippen molar-refractivity contribution in [2.45, 2.75) is 20.4 Å². The molecule has 0 radical (unpaired) electrons. The van der Waals surface area contributed by atoms with Gasteiger partial charge < -0.3 is 5.32 Å². The average Bonchev–Trinajstić information content (AvgIpc) is 2.98. The minimum Gasteiger partial charge on any atom is -0.324 e. The number of anilines is 1. The number of para-hydroxylation sites is 1. The maximum Gasteiger partial charge on any atom is 0.248 e. The number of carbonyl (C=O) groups excluding carboxylic acids is 1. The molecule has 0 fully saturated rings. The van der Waals surface area contributed by atoms with E-state index in [2.05, 4.69) is 20.7 Å². The molecule has 3 aromatic rings. The third kappa shape index (κ3) is 3.60. The summed E-state index contributed by atoms with van der Waals surface area (Å²) in [5, 5.41) is 15.0. The molecule has 6 nitrogen and oxygen atoms in total. The van der Waals surface area contributed by atoms with E-state index in [-0.39, 0.29) is 12.5 Å². The van der Waals surface area contributed by atoms with Gasteiger partial charge >= 0.3 is 0 Å². The van der Waals surface area contributed by atoms with Crippen LogP contribution in [0.2, 0.25) is 0 Å². The van der Waals surface area contributed by atoms with Crippen molar-refractivity contribution in [2.75, 3.05) is 5.32 Å². The second-order valence-corrected chi connectivity index (χ2v) is 5.37. The lowest BCUT2D eigenvalue weighted by atomic mass is 10.1. The molecule has 116 valence electrons. The summed E-state index contributed by atoms with van der Waals surface area (Å²) in [6.07, 6.45) is 0. The van der Waals surface area contributed by atoms with Crippen LogP contribution in [0.5, 0.6) is 0 Å². The zero-order valence-corrected chi connectivity index (χ0v) is 13.0. The Morgan fingerprint density at radius 3 is 2.57 bits per heavy atom. The molecule has 0 saturated carbocycles. The van der Waals surface area contributed by atoms with Crippen LogP contribution in [-0.2, 0) is 11.3 Å². The Morgan fingerprint density at radius 1 is 1.09 bits per heavy atom. The minimum absolute atomic E-state index is 0.0210. The lowest BCUT2D eigenvalue weighted by Crippen LogP contribution is -2.20. The van der Waals surface area contributed by atoms with Gasteiger partial charge in [-0.1, -0.05) is 48.0 Å². The highest BCUT2D eigenvalue weighted by molar-refractivity contribution is 5.91. The van der Waals surface area contributed by atoms with Gasteiger partial charge in [-0.15, -0.1) is 10.2 Å². The predicted molar refractivity (Wildman–Crippen MR) is 87.8 cm³/mol. The first kappa shape index (κ1) is 14.9. The summed E-state index contributed by atoms with van der Waals surface area (Å²) in [4.78, 5) is 13.4. The van der Waals surface area contributed by atoms with Crippen molar-refractivity contribution in [3.63, 3.8) is 0 Å². The van der Waals surface area contributed by atoms with Crippen LogP contribution in [-0.4, -0.2) is 26.1 Å². The normalized spacial score (nSPS) is 10.5. The molecule has 1 aromatic heterocycles. The quantitative estimate of drug-likeness (QED) is 0.804. The van der Waals surface area contributed by atoms with Crippen molar-refractivity contribution in [2.24, 2.45) is 0 Å². The number of nitrogens with zero attached hydrogens (tertiary/aromatic N) is 4. The highest BCUT2D eigenvalue weighted by Gasteiger charge is 2.10. The SMILES string of the molecule is Cc1ccc(-c2nnn(CC(=O)Nc3ccccc3C)n2)cc1. The lowest BCUT2D eigenvalue weighted by Gasteiger charge is -2.07. The number of benzene rings is 2. The van der Waals surface area contributed by atoms with Crippen LogP contribution in [0.4, 0.5) is 5.69 Å². The van der Waals surface area contributed by atoms with Crippen LogP contribution < -0.4 is 5.32 Å². The largest absolute Gasteiger partial charge is 0.324 e. The van der Waals surface area contributed by atoms with Gasteiger partial charge in [0, 0.05) is 11.3 Å². The third-order valence-electron chi connectivity index (χ3n) is 3.47. The van der Waals surface area contributed by atoms with Crippen LogP contribution in [0.1, 0.15) is 11.1 Å². The van der Waals surface area contributed by atoms with E-state index in [0.717, 1.165) is 16.8 Å². The Bertz CT molecular complexity index is 823. The van der Waals surface area contributed by atoms with E-state index < -0.39 is 0 Å². The van der Waals surface area contributed by atoms with Crippen molar-refractivity contribution < 1.29 is 4.79 Å². The Kier molecular flexibility index (Phi) is 4.14. The fourth-order valence-electron chi connectivity index (χ4n) is 2.16. The first-order chi connectivity index (χ1) is 11.1. The summed E-state index contributed by atoms with van der Waals surface area (Å²) in [6, 6.07) is 15.5. The lowest BCUT2D eigenvalue weighted by molar-refractivity contribution is -0.117. The Labute approximate surface area is 134 Å². The van der Waals surface area contributed by atoms with E-state index in [9.17, 15) is 4.79 Å². The summed E-state index contributed by atoms with van der Waals surface area (Å²) < 4.78 is 0. The van der Waals surface area contributed by atoms with Gasteiger partial charge in [0.2, 0.25) is 11.7 Å². The van der Waals surface area contributed by atoms with Crippen LogP contribution in [0.25, 0.3) is 11.4 Å². The van der Waals surface area contributed by atoms with Crippen LogP contribution in [0, 0.1) is 13.8 Å². The first-order valence-electron chi connectivity index (χ1n) is 7.32. The molecule has 0 aliphatic carbocycles. The zero-order valence-electron chi connectivity index (χ0n) is 13.0. The number of carbonyl (C=O) groups is 1. The molecule has 6 heteroatoms. The van der Waals surface area contributed by atoms with Gasteiger partial charge in [0.25, 0.3) is 0 Å². The molecule has 0 aliphatic rings. The number of tetrazole rings is 1.